The van der Waals surface area contributed by atoms with Gasteiger partial charge >= 0.3 is 0 Å². The zero-order chi connectivity index (χ0) is 16.4. The first-order valence-electron chi connectivity index (χ1n) is 6.71. The van der Waals surface area contributed by atoms with Crippen molar-refractivity contribution in [1.29, 1.82) is 0 Å². The maximum Gasteiger partial charge on any atom is 0.227 e. The number of fused-ring (bicyclic) bond motifs is 1. The number of nitrogens with zero attached hydrogens (tertiary/aromatic N) is 2. The Balaban J connectivity index is 1.97. The number of benzene rings is 2. The Bertz CT molecular complexity index is 871. The standard InChI is InChI=1S/C16H13Cl2N3O2/c1-22-14-5-9-8-19-16(21-13(9)7-15(14)23-2)20-10-3-4-11(17)12(18)6-10/h3-8H,1-2H3,(H,19,20,21). The summed E-state index contributed by atoms with van der Waals surface area (Å²) in [5.74, 6) is 1.69. The summed E-state index contributed by atoms with van der Waals surface area (Å²) in [6.45, 7) is 0. The molecule has 0 aliphatic rings. The van der Waals surface area contributed by atoms with E-state index in [0.29, 0.717) is 27.5 Å². The molecule has 5 nitrogen and oxygen atoms in total. The summed E-state index contributed by atoms with van der Waals surface area (Å²) in [6, 6.07) is 8.86. The van der Waals surface area contributed by atoms with Gasteiger partial charge in [-0.3, -0.25) is 0 Å². The maximum atomic E-state index is 6.00. The third-order valence-electron chi connectivity index (χ3n) is 3.26. The van der Waals surface area contributed by atoms with Gasteiger partial charge < -0.3 is 14.8 Å². The second-order valence-corrected chi connectivity index (χ2v) is 5.53. The molecule has 0 bridgehead atoms. The first kappa shape index (κ1) is 15.6. The molecule has 1 N–H and O–H groups in total. The van der Waals surface area contributed by atoms with Gasteiger partial charge in [0.05, 0.1) is 29.8 Å². The van der Waals surface area contributed by atoms with E-state index < -0.39 is 0 Å². The predicted molar refractivity (Wildman–Crippen MR) is 92.4 cm³/mol. The highest BCUT2D eigenvalue weighted by molar-refractivity contribution is 6.42. The minimum atomic E-state index is 0.447. The van der Waals surface area contributed by atoms with Gasteiger partial charge in [0.25, 0.3) is 0 Å². The Morgan fingerprint density at radius 1 is 0.957 bits per heavy atom. The molecule has 3 rings (SSSR count). The van der Waals surface area contributed by atoms with Gasteiger partial charge in [-0.2, -0.15) is 0 Å². The van der Waals surface area contributed by atoms with Crippen molar-refractivity contribution >= 4 is 45.7 Å². The monoisotopic (exact) mass is 349 g/mol. The number of ether oxygens (including phenoxy) is 2. The second kappa shape index (κ2) is 6.48. The first-order chi connectivity index (χ1) is 11.1. The molecule has 0 spiro atoms. The Hall–Kier alpha value is -2.24. The lowest BCUT2D eigenvalue weighted by Gasteiger charge is -2.10. The Labute approximate surface area is 143 Å². The van der Waals surface area contributed by atoms with Crippen LogP contribution in [0.15, 0.2) is 36.5 Å². The molecule has 23 heavy (non-hydrogen) atoms. The lowest BCUT2D eigenvalue weighted by Crippen LogP contribution is -1.98. The SMILES string of the molecule is COc1cc2cnc(Nc3ccc(Cl)c(Cl)c3)nc2cc1OC. The normalized spacial score (nSPS) is 10.6. The van der Waals surface area contributed by atoms with Gasteiger partial charge in [-0.25, -0.2) is 9.97 Å². The highest BCUT2D eigenvalue weighted by atomic mass is 35.5. The highest BCUT2D eigenvalue weighted by Crippen LogP contribution is 2.32. The number of rotatable bonds is 4. The van der Waals surface area contributed by atoms with Crippen LogP contribution in [0.3, 0.4) is 0 Å². The number of anilines is 2. The summed E-state index contributed by atoms with van der Waals surface area (Å²) >= 11 is 11.9. The summed E-state index contributed by atoms with van der Waals surface area (Å²) in [6.07, 6.45) is 1.71. The van der Waals surface area contributed by atoms with Crippen molar-refractivity contribution < 1.29 is 9.47 Å². The van der Waals surface area contributed by atoms with E-state index in [1.807, 2.05) is 6.07 Å². The Kier molecular flexibility index (Phi) is 4.41. The molecule has 0 amide bonds. The van der Waals surface area contributed by atoms with Crippen LogP contribution in [0.4, 0.5) is 11.6 Å². The minimum absolute atomic E-state index is 0.447. The number of hydrogen-bond donors (Lipinski definition) is 1. The van der Waals surface area contributed by atoms with Gasteiger partial charge in [0.15, 0.2) is 11.5 Å². The molecule has 0 atom stereocenters. The molecule has 1 aromatic heterocycles. The fraction of sp³-hybridized carbons (Fsp3) is 0.125. The van der Waals surface area contributed by atoms with Crippen LogP contribution >= 0.6 is 23.2 Å². The van der Waals surface area contributed by atoms with Gasteiger partial charge in [-0.15, -0.1) is 0 Å². The average molecular weight is 350 g/mol. The molecule has 0 unspecified atom stereocenters. The molecule has 0 saturated heterocycles. The highest BCUT2D eigenvalue weighted by Gasteiger charge is 2.09. The van der Waals surface area contributed by atoms with Crippen LogP contribution < -0.4 is 14.8 Å². The number of nitrogens with one attached hydrogen (secondary N) is 1. The van der Waals surface area contributed by atoms with Gasteiger partial charge in [-0.1, -0.05) is 23.2 Å². The van der Waals surface area contributed by atoms with Crippen molar-refractivity contribution in [2.75, 3.05) is 19.5 Å². The van der Waals surface area contributed by atoms with Crippen LogP contribution in [0.2, 0.25) is 10.0 Å². The lowest BCUT2D eigenvalue weighted by atomic mass is 10.2. The molecule has 3 aromatic rings. The molecular formula is C16H13Cl2N3O2. The van der Waals surface area contributed by atoms with Gasteiger partial charge in [0.1, 0.15) is 0 Å². The second-order valence-electron chi connectivity index (χ2n) is 4.71. The molecule has 7 heteroatoms. The van der Waals surface area contributed by atoms with Crippen molar-refractivity contribution in [3.63, 3.8) is 0 Å². The van der Waals surface area contributed by atoms with Crippen LogP contribution in [0.1, 0.15) is 0 Å². The van der Waals surface area contributed by atoms with E-state index in [0.717, 1.165) is 16.6 Å². The zero-order valence-electron chi connectivity index (χ0n) is 12.4. The van der Waals surface area contributed by atoms with E-state index in [-0.39, 0.29) is 0 Å². The van der Waals surface area contributed by atoms with E-state index in [2.05, 4.69) is 15.3 Å². The van der Waals surface area contributed by atoms with E-state index in [4.69, 9.17) is 32.7 Å². The Morgan fingerprint density at radius 2 is 1.70 bits per heavy atom. The molecule has 0 aliphatic carbocycles. The van der Waals surface area contributed by atoms with Crippen LogP contribution in [0.5, 0.6) is 11.5 Å². The summed E-state index contributed by atoms with van der Waals surface area (Å²) in [5.41, 5.74) is 1.49. The van der Waals surface area contributed by atoms with Gasteiger partial charge in [0.2, 0.25) is 5.95 Å². The summed E-state index contributed by atoms with van der Waals surface area (Å²) in [4.78, 5) is 8.76. The molecule has 118 valence electrons. The Morgan fingerprint density at radius 3 is 2.39 bits per heavy atom. The molecule has 0 radical (unpaired) electrons. The van der Waals surface area contributed by atoms with Gasteiger partial charge in [-0.05, 0) is 24.3 Å². The molecular weight excluding hydrogens is 337 g/mol. The van der Waals surface area contributed by atoms with E-state index >= 15 is 0 Å². The van der Waals surface area contributed by atoms with E-state index in [9.17, 15) is 0 Å². The summed E-state index contributed by atoms with van der Waals surface area (Å²) in [7, 11) is 3.17. The maximum absolute atomic E-state index is 6.00. The average Bonchev–Trinajstić information content (AvgIpc) is 2.56. The van der Waals surface area contributed by atoms with Crippen molar-refractivity contribution in [3.8, 4) is 11.5 Å². The number of halogens is 2. The third-order valence-corrected chi connectivity index (χ3v) is 4.00. The number of hydrogen-bond acceptors (Lipinski definition) is 5. The largest absolute Gasteiger partial charge is 0.493 e. The number of aromatic nitrogens is 2. The van der Waals surface area contributed by atoms with Crippen molar-refractivity contribution in [1.82, 2.24) is 9.97 Å². The van der Waals surface area contributed by atoms with Crippen LogP contribution in [0.25, 0.3) is 10.9 Å². The molecule has 1 heterocycles. The van der Waals surface area contributed by atoms with Crippen LogP contribution in [0, 0.1) is 0 Å². The fourth-order valence-corrected chi connectivity index (χ4v) is 2.42. The zero-order valence-corrected chi connectivity index (χ0v) is 13.9. The molecule has 0 aliphatic heterocycles. The fourth-order valence-electron chi connectivity index (χ4n) is 2.12. The van der Waals surface area contributed by atoms with Crippen molar-refractivity contribution in [2.45, 2.75) is 0 Å². The number of methoxy groups -OCH3 is 2. The van der Waals surface area contributed by atoms with E-state index in [1.165, 1.54) is 0 Å². The molecule has 0 fully saturated rings. The van der Waals surface area contributed by atoms with Gasteiger partial charge in [0, 0.05) is 23.3 Å². The predicted octanol–water partition coefficient (Wildman–Crippen LogP) is 4.70. The lowest BCUT2D eigenvalue weighted by molar-refractivity contribution is 0.356. The van der Waals surface area contributed by atoms with Crippen LogP contribution in [-0.2, 0) is 0 Å². The van der Waals surface area contributed by atoms with E-state index in [1.54, 1.807) is 44.7 Å². The third kappa shape index (κ3) is 3.25. The summed E-state index contributed by atoms with van der Waals surface area (Å²) in [5, 5.41) is 4.90. The first-order valence-corrected chi connectivity index (χ1v) is 7.47. The smallest absolute Gasteiger partial charge is 0.227 e. The van der Waals surface area contributed by atoms with Crippen molar-refractivity contribution in [3.05, 3.63) is 46.6 Å². The summed E-state index contributed by atoms with van der Waals surface area (Å²) < 4.78 is 10.6. The quantitative estimate of drug-likeness (QED) is 0.739. The minimum Gasteiger partial charge on any atom is -0.493 e. The molecule has 0 saturated carbocycles. The van der Waals surface area contributed by atoms with Crippen molar-refractivity contribution in [2.24, 2.45) is 0 Å². The molecule has 2 aromatic carbocycles. The van der Waals surface area contributed by atoms with Crippen LogP contribution in [-0.4, -0.2) is 24.2 Å². The topological polar surface area (TPSA) is 56.3 Å².